The number of hydrogen-bond donors (Lipinski definition) is 3. The predicted octanol–water partition coefficient (Wildman–Crippen LogP) is 4.49. The second-order valence-electron chi connectivity index (χ2n) is 10.5. The molecule has 2 rings (SSSR count). The van der Waals surface area contributed by atoms with Crippen LogP contribution < -0.4 is 10.6 Å². The van der Waals surface area contributed by atoms with Crippen molar-refractivity contribution in [2.75, 3.05) is 5.32 Å². The van der Waals surface area contributed by atoms with Crippen LogP contribution >= 0.6 is 0 Å². The van der Waals surface area contributed by atoms with E-state index >= 15 is 0 Å². The van der Waals surface area contributed by atoms with Crippen molar-refractivity contribution in [3.63, 3.8) is 0 Å². The van der Waals surface area contributed by atoms with Gasteiger partial charge in [-0.1, -0.05) is 59.9 Å². The highest BCUT2D eigenvalue weighted by Gasteiger charge is 2.42. The van der Waals surface area contributed by atoms with Gasteiger partial charge in [0, 0.05) is 6.20 Å². The van der Waals surface area contributed by atoms with E-state index in [2.05, 4.69) is 15.6 Å². The maximum atomic E-state index is 13.5. The molecule has 7 heteroatoms. The van der Waals surface area contributed by atoms with E-state index < -0.39 is 29.3 Å². The van der Waals surface area contributed by atoms with E-state index in [9.17, 15) is 19.5 Å². The molecular formula is C25H39N3O4. The minimum atomic E-state index is -0.914. The first-order valence-corrected chi connectivity index (χ1v) is 11.8. The summed E-state index contributed by atoms with van der Waals surface area (Å²) in [6, 6.07) is 4.39. The Labute approximate surface area is 191 Å². The summed E-state index contributed by atoms with van der Waals surface area (Å²) in [6.45, 7) is 9.62. The molecule has 0 spiro atoms. The standard InChI is InChI=1S/C25H39N3O4/c1-16(2)15-18(20(24(31)32)17-11-7-6-8-12-17)22(29)28-21(25(3,4)5)23(30)27-19-13-9-10-14-26-19/h9-10,13-14,16-18,20-21H,6-8,11-12,15H2,1-5H3,(H,28,29)(H,31,32)(H,26,27,30)/t18-,20?,21-/m1/s1. The molecule has 3 atom stereocenters. The summed E-state index contributed by atoms with van der Waals surface area (Å²) in [5, 5.41) is 15.8. The zero-order valence-electron chi connectivity index (χ0n) is 20.1. The minimum absolute atomic E-state index is 0.00816. The van der Waals surface area contributed by atoms with Gasteiger partial charge in [0.1, 0.15) is 11.9 Å². The molecule has 1 aliphatic rings. The van der Waals surface area contributed by atoms with Gasteiger partial charge in [0.15, 0.2) is 0 Å². The first kappa shape index (κ1) is 25.8. The summed E-state index contributed by atoms with van der Waals surface area (Å²) in [7, 11) is 0. The lowest BCUT2D eigenvalue weighted by Crippen LogP contribution is -2.54. The number of carbonyl (C=O) groups excluding carboxylic acids is 2. The first-order chi connectivity index (χ1) is 15.0. The van der Waals surface area contributed by atoms with Crippen LogP contribution in [0.15, 0.2) is 24.4 Å². The topological polar surface area (TPSA) is 108 Å². The molecule has 1 unspecified atom stereocenters. The maximum Gasteiger partial charge on any atom is 0.307 e. The van der Waals surface area contributed by atoms with E-state index in [1.54, 1.807) is 24.4 Å². The molecule has 32 heavy (non-hydrogen) atoms. The van der Waals surface area contributed by atoms with Crippen LogP contribution in [0.25, 0.3) is 0 Å². The molecule has 0 aromatic carbocycles. The lowest BCUT2D eigenvalue weighted by Gasteiger charge is -2.36. The van der Waals surface area contributed by atoms with Crippen molar-refractivity contribution in [3.8, 4) is 0 Å². The van der Waals surface area contributed by atoms with Gasteiger partial charge in [0.2, 0.25) is 11.8 Å². The number of anilines is 1. The SMILES string of the molecule is CC(C)C[C@@H](C(=O)N[C@H](C(=O)Nc1ccccn1)C(C)(C)C)C(C(=O)O)C1CCCCC1. The lowest BCUT2D eigenvalue weighted by atomic mass is 9.71. The number of aromatic nitrogens is 1. The van der Waals surface area contributed by atoms with Crippen molar-refractivity contribution in [3.05, 3.63) is 24.4 Å². The molecule has 1 saturated carbocycles. The number of aliphatic carboxylic acids is 1. The lowest BCUT2D eigenvalue weighted by molar-refractivity contribution is -0.151. The zero-order chi connectivity index (χ0) is 23.9. The van der Waals surface area contributed by atoms with Gasteiger partial charge in [-0.15, -0.1) is 0 Å². The van der Waals surface area contributed by atoms with E-state index in [0.717, 1.165) is 32.1 Å². The molecule has 1 aromatic rings. The molecule has 2 amide bonds. The van der Waals surface area contributed by atoms with Crippen LogP contribution in [0.4, 0.5) is 5.82 Å². The highest BCUT2D eigenvalue weighted by atomic mass is 16.4. The molecule has 0 saturated heterocycles. The van der Waals surface area contributed by atoms with Crippen molar-refractivity contribution in [1.29, 1.82) is 0 Å². The molecule has 178 valence electrons. The van der Waals surface area contributed by atoms with Gasteiger partial charge in [-0.25, -0.2) is 4.98 Å². The summed E-state index contributed by atoms with van der Waals surface area (Å²) in [5.74, 6) is -2.49. The quantitative estimate of drug-likeness (QED) is 0.519. The monoisotopic (exact) mass is 445 g/mol. The van der Waals surface area contributed by atoms with Gasteiger partial charge in [-0.2, -0.15) is 0 Å². The number of nitrogens with zero attached hydrogens (tertiary/aromatic N) is 1. The molecule has 1 aliphatic carbocycles. The number of hydrogen-bond acceptors (Lipinski definition) is 4. The number of nitrogens with one attached hydrogen (secondary N) is 2. The molecule has 0 aliphatic heterocycles. The number of rotatable bonds is 9. The maximum absolute atomic E-state index is 13.5. The fraction of sp³-hybridized carbons (Fsp3) is 0.680. The normalized spacial score (nSPS) is 17.9. The molecular weight excluding hydrogens is 406 g/mol. The van der Waals surface area contributed by atoms with Gasteiger partial charge in [-0.05, 0) is 48.6 Å². The van der Waals surface area contributed by atoms with Crippen molar-refractivity contribution < 1.29 is 19.5 Å². The second-order valence-corrected chi connectivity index (χ2v) is 10.5. The molecule has 1 aromatic heterocycles. The van der Waals surface area contributed by atoms with Crippen LogP contribution in [-0.4, -0.2) is 33.9 Å². The average molecular weight is 446 g/mol. The summed E-state index contributed by atoms with van der Waals surface area (Å²) in [6.07, 6.45) is 6.84. The van der Waals surface area contributed by atoms with Crippen LogP contribution in [0.3, 0.4) is 0 Å². The number of carbonyl (C=O) groups is 3. The third-order valence-corrected chi connectivity index (χ3v) is 6.27. The Hall–Kier alpha value is -2.44. The fourth-order valence-corrected chi connectivity index (χ4v) is 4.68. The van der Waals surface area contributed by atoms with Gasteiger partial charge >= 0.3 is 5.97 Å². The summed E-state index contributed by atoms with van der Waals surface area (Å²) < 4.78 is 0. The van der Waals surface area contributed by atoms with Gasteiger partial charge in [-0.3, -0.25) is 14.4 Å². The predicted molar refractivity (Wildman–Crippen MR) is 125 cm³/mol. The number of carboxylic acid groups (broad SMARTS) is 1. The van der Waals surface area contributed by atoms with E-state index in [1.807, 2.05) is 34.6 Å². The largest absolute Gasteiger partial charge is 0.481 e. The van der Waals surface area contributed by atoms with Crippen LogP contribution in [-0.2, 0) is 14.4 Å². The van der Waals surface area contributed by atoms with Crippen LogP contribution in [0.5, 0.6) is 0 Å². The average Bonchev–Trinajstić information content (AvgIpc) is 2.71. The van der Waals surface area contributed by atoms with Crippen molar-refractivity contribution in [2.24, 2.45) is 29.1 Å². The summed E-state index contributed by atoms with van der Waals surface area (Å²) in [5.41, 5.74) is -0.569. The Morgan fingerprint density at radius 1 is 1.09 bits per heavy atom. The van der Waals surface area contributed by atoms with E-state index in [4.69, 9.17) is 0 Å². The highest BCUT2D eigenvalue weighted by molar-refractivity contribution is 5.97. The number of amides is 2. The van der Waals surface area contributed by atoms with Crippen LogP contribution in [0.2, 0.25) is 0 Å². The van der Waals surface area contributed by atoms with Crippen molar-refractivity contribution in [1.82, 2.24) is 10.3 Å². The third kappa shape index (κ3) is 7.31. The van der Waals surface area contributed by atoms with Gasteiger partial charge in [0.25, 0.3) is 0 Å². The van der Waals surface area contributed by atoms with Crippen molar-refractivity contribution in [2.45, 2.75) is 79.2 Å². The molecule has 1 heterocycles. The Morgan fingerprint density at radius 3 is 2.25 bits per heavy atom. The zero-order valence-corrected chi connectivity index (χ0v) is 20.1. The van der Waals surface area contributed by atoms with Gasteiger partial charge in [0.05, 0.1) is 11.8 Å². The van der Waals surface area contributed by atoms with E-state index in [0.29, 0.717) is 12.2 Å². The molecule has 7 nitrogen and oxygen atoms in total. The Morgan fingerprint density at radius 2 is 1.75 bits per heavy atom. The van der Waals surface area contributed by atoms with E-state index in [-0.39, 0.29) is 23.7 Å². The molecule has 1 fully saturated rings. The van der Waals surface area contributed by atoms with Gasteiger partial charge < -0.3 is 15.7 Å². The molecule has 3 N–H and O–H groups in total. The highest BCUT2D eigenvalue weighted by Crippen LogP contribution is 2.37. The van der Waals surface area contributed by atoms with E-state index in [1.165, 1.54) is 0 Å². The number of carboxylic acids is 1. The summed E-state index contributed by atoms with van der Waals surface area (Å²) in [4.78, 5) is 43.0. The third-order valence-electron chi connectivity index (χ3n) is 6.27. The van der Waals surface area contributed by atoms with Crippen LogP contribution in [0, 0.1) is 29.1 Å². The fourth-order valence-electron chi connectivity index (χ4n) is 4.68. The minimum Gasteiger partial charge on any atom is -0.481 e. The first-order valence-electron chi connectivity index (χ1n) is 11.8. The molecule has 0 bridgehead atoms. The Bertz CT molecular complexity index is 767. The van der Waals surface area contributed by atoms with Crippen LogP contribution in [0.1, 0.15) is 73.1 Å². The molecule has 0 radical (unpaired) electrons. The second kappa shape index (κ2) is 11.4. The Kier molecular flexibility index (Phi) is 9.22. The number of pyridine rings is 1. The van der Waals surface area contributed by atoms with Crippen molar-refractivity contribution >= 4 is 23.6 Å². The Balaban J connectivity index is 2.27. The summed E-state index contributed by atoms with van der Waals surface area (Å²) >= 11 is 0. The smallest absolute Gasteiger partial charge is 0.307 e.